The van der Waals surface area contributed by atoms with Gasteiger partial charge in [-0.15, -0.1) is 0 Å². The minimum Gasteiger partial charge on any atom is -0.391 e. The van der Waals surface area contributed by atoms with E-state index in [4.69, 9.17) is 0 Å². The minimum absolute atomic E-state index is 0.270. The largest absolute Gasteiger partial charge is 0.391 e. The predicted octanol–water partition coefficient (Wildman–Crippen LogP) is 0.768. The van der Waals surface area contributed by atoms with Crippen molar-refractivity contribution in [1.29, 1.82) is 0 Å². The van der Waals surface area contributed by atoms with E-state index >= 15 is 0 Å². The molecule has 2 fully saturated rings. The maximum Gasteiger partial charge on any atom is 0.226 e. The van der Waals surface area contributed by atoms with Crippen LogP contribution in [0.2, 0.25) is 0 Å². The highest BCUT2D eigenvalue weighted by Crippen LogP contribution is 2.33. The average molecular weight is 183 g/mol. The van der Waals surface area contributed by atoms with Crippen molar-refractivity contribution in [2.45, 2.75) is 44.8 Å². The summed E-state index contributed by atoms with van der Waals surface area (Å²) in [6, 6.07) is 0.330. The predicted molar refractivity (Wildman–Crippen MR) is 49.1 cm³/mol. The Bertz CT molecular complexity index is 213. The first-order valence-electron chi connectivity index (χ1n) is 5.17. The molecule has 2 atom stereocenters. The fourth-order valence-corrected chi connectivity index (χ4v) is 1.96. The number of hydrogen-bond donors (Lipinski definition) is 1. The number of rotatable bonds is 1. The van der Waals surface area contributed by atoms with Gasteiger partial charge < -0.3 is 10.0 Å². The van der Waals surface area contributed by atoms with Gasteiger partial charge >= 0.3 is 0 Å². The van der Waals surface area contributed by atoms with Crippen molar-refractivity contribution in [3.8, 4) is 0 Å². The third-order valence-corrected chi connectivity index (χ3v) is 3.07. The van der Waals surface area contributed by atoms with E-state index in [2.05, 4.69) is 6.92 Å². The van der Waals surface area contributed by atoms with Gasteiger partial charge in [0.15, 0.2) is 0 Å². The Balaban J connectivity index is 1.97. The van der Waals surface area contributed by atoms with Crippen LogP contribution in [0.1, 0.15) is 32.6 Å². The van der Waals surface area contributed by atoms with Gasteiger partial charge in [-0.05, 0) is 32.6 Å². The fourth-order valence-electron chi connectivity index (χ4n) is 1.96. The lowest BCUT2D eigenvalue weighted by molar-refractivity contribution is -0.138. The third-order valence-electron chi connectivity index (χ3n) is 3.07. The number of piperidine rings is 1. The number of aliphatic hydroxyl groups is 1. The van der Waals surface area contributed by atoms with Crippen molar-refractivity contribution in [3.05, 3.63) is 0 Å². The number of likely N-dealkylation sites (tertiary alicyclic amines) is 1. The van der Waals surface area contributed by atoms with Gasteiger partial charge in [-0.1, -0.05) is 0 Å². The van der Waals surface area contributed by atoms with Crippen molar-refractivity contribution in [2.24, 2.45) is 5.92 Å². The lowest BCUT2D eigenvalue weighted by Gasteiger charge is -2.36. The Morgan fingerprint density at radius 3 is 2.62 bits per heavy atom. The van der Waals surface area contributed by atoms with Crippen LogP contribution in [0, 0.1) is 5.92 Å². The van der Waals surface area contributed by atoms with Crippen LogP contribution in [-0.4, -0.2) is 34.6 Å². The van der Waals surface area contributed by atoms with Crippen molar-refractivity contribution in [2.75, 3.05) is 6.54 Å². The first-order chi connectivity index (χ1) is 6.18. The molecule has 1 aliphatic heterocycles. The van der Waals surface area contributed by atoms with Gasteiger partial charge in [0, 0.05) is 18.5 Å². The Morgan fingerprint density at radius 1 is 1.31 bits per heavy atom. The van der Waals surface area contributed by atoms with Crippen LogP contribution in [0.25, 0.3) is 0 Å². The minimum atomic E-state index is -0.293. The van der Waals surface area contributed by atoms with E-state index < -0.39 is 0 Å². The standard InChI is InChI=1S/C10H17NO2/c1-7-2-5-9(12)6-11(7)10(13)8-3-4-8/h7-9,12H,2-6H2,1H3/t7-,9-/m1/s1. The second kappa shape index (κ2) is 3.29. The second-order valence-corrected chi connectivity index (χ2v) is 4.35. The Morgan fingerprint density at radius 2 is 2.00 bits per heavy atom. The molecular formula is C10H17NO2. The number of carbonyl (C=O) groups excluding carboxylic acids is 1. The molecule has 1 saturated carbocycles. The first-order valence-corrected chi connectivity index (χ1v) is 5.17. The van der Waals surface area contributed by atoms with E-state index in [1.807, 2.05) is 4.90 Å². The average Bonchev–Trinajstić information content (AvgIpc) is 2.91. The summed E-state index contributed by atoms with van der Waals surface area (Å²) in [5.74, 6) is 0.555. The van der Waals surface area contributed by atoms with Gasteiger partial charge in [0.1, 0.15) is 0 Å². The number of hydrogen-bond acceptors (Lipinski definition) is 2. The maximum atomic E-state index is 11.7. The highest BCUT2D eigenvalue weighted by atomic mass is 16.3. The van der Waals surface area contributed by atoms with Gasteiger partial charge in [-0.2, -0.15) is 0 Å². The van der Waals surface area contributed by atoms with Crippen LogP contribution < -0.4 is 0 Å². The zero-order valence-electron chi connectivity index (χ0n) is 8.07. The summed E-state index contributed by atoms with van der Waals surface area (Å²) in [6.07, 6.45) is 3.60. The molecule has 74 valence electrons. The number of amides is 1. The summed E-state index contributed by atoms with van der Waals surface area (Å²) in [5.41, 5.74) is 0. The quantitative estimate of drug-likeness (QED) is 0.652. The molecule has 1 amide bonds. The number of aliphatic hydroxyl groups excluding tert-OH is 1. The lowest BCUT2D eigenvalue weighted by atomic mass is 10.0. The highest BCUT2D eigenvalue weighted by molar-refractivity contribution is 5.81. The number of nitrogens with zero attached hydrogens (tertiary/aromatic N) is 1. The van der Waals surface area contributed by atoms with E-state index in [1.165, 1.54) is 0 Å². The number of β-amino-alcohol motifs (C(OH)–C–C–N with tert-alkyl or cyclic N) is 1. The van der Waals surface area contributed by atoms with Crippen molar-refractivity contribution in [1.82, 2.24) is 4.90 Å². The van der Waals surface area contributed by atoms with Crippen molar-refractivity contribution in [3.63, 3.8) is 0 Å². The summed E-state index contributed by atoms with van der Waals surface area (Å²) in [7, 11) is 0. The molecule has 3 heteroatoms. The highest BCUT2D eigenvalue weighted by Gasteiger charge is 2.37. The van der Waals surface area contributed by atoms with Crippen LogP contribution in [0.5, 0.6) is 0 Å². The van der Waals surface area contributed by atoms with Crippen molar-refractivity contribution < 1.29 is 9.90 Å². The molecule has 1 aliphatic carbocycles. The summed E-state index contributed by atoms with van der Waals surface area (Å²) >= 11 is 0. The van der Waals surface area contributed by atoms with Gasteiger partial charge in [-0.25, -0.2) is 0 Å². The second-order valence-electron chi connectivity index (χ2n) is 4.35. The third kappa shape index (κ3) is 1.85. The molecule has 1 heterocycles. The van der Waals surface area contributed by atoms with Crippen LogP contribution in [0.3, 0.4) is 0 Å². The number of carbonyl (C=O) groups is 1. The Labute approximate surface area is 78.7 Å². The fraction of sp³-hybridized carbons (Fsp3) is 0.900. The summed E-state index contributed by atoms with van der Waals surface area (Å²) in [4.78, 5) is 13.6. The summed E-state index contributed by atoms with van der Waals surface area (Å²) in [5, 5.41) is 9.45. The van der Waals surface area contributed by atoms with Crippen LogP contribution >= 0.6 is 0 Å². The summed E-state index contributed by atoms with van der Waals surface area (Å²) < 4.78 is 0. The first kappa shape index (κ1) is 9.00. The van der Waals surface area contributed by atoms with Gasteiger partial charge in [0.25, 0.3) is 0 Å². The maximum absolute atomic E-state index is 11.7. The summed E-state index contributed by atoms with van der Waals surface area (Å²) in [6.45, 7) is 2.63. The Kier molecular flexibility index (Phi) is 2.28. The zero-order valence-corrected chi connectivity index (χ0v) is 8.07. The van der Waals surface area contributed by atoms with Crippen LogP contribution in [-0.2, 0) is 4.79 Å². The van der Waals surface area contributed by atoms with Gasteiger partial charge in [-0.3, -0.25) is 4.79 Å². The van der Waals surface area contributed by atoms with Crippen LogP contribution in [0.15, 0.2) is 0 Å². The molecule has 0 aromatic heterocycles. The molecule has 0 unspecified atom stereocenters. The molecule has 1 N–H and O–H groups in total. The van der Waals surface area contributed by atoms with Gasteiger partial charge in [0.05, 0.1) is 6.10 Å². The molecule has 2 aliphatic rings. The molecule has 0 aromatic carbocycles. The molecule has 3 nitrogen and oxygen atoms in total. The Hall–Kier alpha value is -0.570. The van der Waals surface area contributed by atoms with Crippen molar-refractivity contribution >= 4 is 5.91 Å². The van der Waals surface area contributed by atoms with E-state index in [0.29, 0.717) is 12.6 Å². The molecular weight excluding hydrogens is 166 g/mol. The molecule has 0 aromatic rings. The normalized spacial score (nSPS) is 34.8. The van der Waals surface area contributed by atoms with E-state index in [9.17, 15) is 9.90 Å². The topological polar surface area (TPSA) is 40.5 Å². The molecule has 0 radical (unpaired) electrons. The lowest BCUT2D eigenvalue weighted by Crippen LogP contribution is -2.48. The molecule has 13 heavy (non-hydrogen) atoms. The van der Waals surface area contributed by atoms with E-state index in [1.54, 1.807) is 0 Å². The SMILES string of the molecule is C[C@@H]1CC[C@@H](O)CN1C(=O)C1CC1. The molecule has 2 rings (SSSR count). The van der Waals surface area contributed by atoms with Gasteiger partial charge in [0.2, 0.25) is 5.91 Å². The zero-order chi connectivity index (χ0) is 9.42. The van der Waals surface area contributed by atoms with Crippen LogP contribution in [0.4, 0.5) is 0 Å². The monoisotopic (exact) mass is 183 g/mol. The molecule has 0 spiro atoms. The van der Waals surface area contributed by atoms with E-state index in [-0.39, 0.29) is 17.9 Å². The van der Waals surface area contributed by atoms with E-state index in [0.717, 1.165) is 25.7 Å². The molecule has 1 saturated heterocycles. The smallest absolute Gasteiger partial charge is 0.226 e. The molecule has 0 bridgehead atoms.